The van der Waals surface area contributed by atoms with E-state index in [4.69, 9.17) is 22.7 Å². The lowest BCUT2D eigenvalue weighted by Crippen LogP contribution is -2.30. The fourth-order valence-electron chi connectivity index (χ4n) is 1.95. The highest BCUT2D eigenvalue weighted by Gasteiger charge is 2.22. The zero-order chi connectivity index (χ0) is 15.3. The summed E-state index contributed by atoms with van der Waals surface area (Å²) in [6.45, 7) is 4.46. The van der Waals surface area contributed by atoms with Crippen LogP contribution in [0.2, 0.25) is 0 Å². The lowest BCUT2D eigenvalue weighted by Gasteiger charge is -2.19. The van der Waals surface area contributed by atoms with Gasteiger partial charge in [-0.25, -0.2) is 8.42 Å². The maximum Gasteiger partial charge on any atom is 0.243 e. The van der Waals surface area contributed by atoms with Crippen LogP contribution in [0.15, 0.2) is 23.1 Å². The molecule has 0 spiro atoms. The van der Waals surface area contributed by atoms with E-state index >= 15 is 0 Å². The Kier molecular flexibility index (Phi) is 5.91. The Morgan fingerprint density at radius 3 is 2.40 bits per heavy atom. The first kappa shape index (κ1) is 16.9. The first-order chi connectivity index (χ1) is 9.36. The van der Waals surface area contributed by atoms with Crippen molar-refractivity contribution in [2.24, 2.45) is 5.73 Å². The molecule has 112 valence electrons. The first-order valence-electron chi connectivity index (χ1n) is 6.32. The van der Waals surface area contributed by atoms with Crippen molar-refractivity contribution in [2.45, 2.75) is 25.2 Å². The molecule has 0 atom stereocenters. The van der Waals surface area contributed by atoms with Crippen molar-refractivity contribution in [3.05, 3.63) is 23.8 Å². The van der Waals surface area contributed by atoms with Gasteiger partial charge in [0, 0.05) is 25.1 Å². The monoisotopic (exact) mass is 316 g/mol. The molecule has 1 aromatic rings. The molecule has 0 saturated heterocycles. The highest BCUT2D eigenvalue weighted by molar-refractivity contribution is 7.89. The Bertz CT molecular complexity index is 581. The van der Waals surface area contributed by atoms with Gasteiger partial charge >= 0.3 is 0 Å². The Morgan fingerprint density at radius 1 is 1.35 bits per heavy atom. The third-order valence-electron chi connectivity index (χ3n) is 2.96. The zero-order valence-electron chi connectivity index (χ0n) is 11.9. The quantitative estimate of drug-likeness (QED) is 0.773. The fraction of sp³-hybridized carbons (Fsp3) is 0.462. The van der Waals surface area contributed by atoms with Crippen LogP contribution in [0, 0.1) is 0 Å². The average molecular weight is 316 g/mol. The smallest absolute Gasteiger partial charge is 0.243 e. The highest BCUT2D eigenvalue weighted by atomic mass is 32.2. The minimum atomic E-state index is -3.49. The number of nitrogens with zero attached hydrogens (tertiary/aromatic N) is 1. The van der Waals surface area contributed by atoms with Gasteiger partial charge < -0.3 is 10.5 Å². The van der Waals surface area contributed by atoms with Gasteiger partial charge in [-0.05, 0) is 18.2 Å². The van der Waals surface area contributed by atoms with Crippen molar-refractivity contribution in [2.75, 3.05) is 20.2 Å². The van der Waals surface area contributed by atoms with Crippen molar-refractivity contribution in [1.29, 1.82) is 0 Å². The third-order valence-corrected chi connectivity index (χ3v) is 5.15. The summed E-state index contributed by atoms with van der Waals surface area (Å²) in [5.41, 5.74) is 6.21. The van der Waals surface area contributed by atoms with Gasteiger partial charge in [-0.1, -0.05) is 26.1 Å². The van der Waals surface area contributed by atoms with E-state index in [2.05, 4.69) is 0 Å². The Hall–Kier alpha value is -1.18. The molecule has 0 amide bonds. The van der Waals surface area contributed by atoms with E-state index in [1.807, 2.05) is 0 Å². The van der Waals surface area contributed by atoms with Crippen molar-refractivity contribution >= 4 is 27.2 Å². The minimum Gasteiger partial charge on any atom is -0.496 e. The molecule has 0 fully saturated rings. The third kappa shape index (κ3) is 3.68. The van der Waals surface area contributed by atoms with Gasteiger partial charge in [0.25, 0.3) is 0 Å². The molecular formula is C13H20N2O3S2. The van der Waals surface area contributed by atoms with Gasteiger partial charge in [0.2, 0.25) is 10.0 Å². The molecule has 0 aliphatic rings. The molecule has 0 radical (unpaired) electrons. The summed E-state index contributed by atoms with van der Waals surface area (Å²) < 4.78 is 31.5. The topological polar surface area (TPSA) is 72.6 Å². The van der Waals surface area contributed by atoms with Crippen LogP contribution in [0.1, 0.15) is 19.4 Å². The maximum absolute atomic E-state index is 12.5. The molecule has 0 heterocycles. The summed E-state index contributed by atoms with van der Waals surface area (Å²) in [6, 6.07) is 4.74. The van der Waals surface area contributed by atoms with Crippen molar-refractivity contribution in [3.63, 3.8) is 0 Å². The summed E-state index contributed by atoms with van der Waals surface area (Å²) in [4.78, 5) is 0.522. The van der Waals surface area contributed by atoms with Gasteiger partial charge in [0.15, 0.2) is 0 Å². The number of methoxy groups -OCH3 is 1. The van der Waals surface area contributed by atoms with Crippen LogP contribution in [0.4, 0.5) is 0 Å². The number of ether oxygens (including phenoxy) is 1. The lowest BCUT2D eigenvalue weighted by molar-refractivity contribution is 0.410. The highest BCUT2D eigenvalue weighted by Crippen LogP contribution is 2.25. The van der Waals surface area contributed by atoms with Crippen LogP contribution in [0.5, 0.6) is 5.75 Å². The number of thiocarbonyl (C=S) groups is 1. The first-order valence-corrected chi connectivity index (χ1v) is 8.17. The molecule has 7 heteroatoms. The normalized spacial score (nSPS) is 11.6. The van der Waals surface area contributed by atoms with Gasteiger partial charge in [-0.2, -0.15) is 4.31 Å². The van der Waals surface area contributed by atoms with E-state index in [-0.39, 0.29) is 4.90 Å². The molecule has 2 N–H and O–H groups in total. The summed E-state index contributed by atoms with van der Waals surface area (Å²) >= 11 is 4.88. The Morgan fingerprint density at radius 2 is 1.95 bits per heavy atom. The van der Waals surface area contributed by atoms with Gasteiger partial charge in [0.1, 0.15) is 5.75 Å². The SMILES string of the molecule is CCN(CC)S(=O)(=O)c1ccc(OC)c(CC(N)=S)c1. The lowest BCUT2D eigenvalue weighted by atomic mass is 10.1. The summed E-state index contributed by atoms with van der Waals surface area (Å²) in [6.07, 6.45) is 0.306. The average Bonchev–Trinajstić information content (AvgIpc) is 2.39. The molecule has 0 aliphatic heterocycles. The standard InChI is InChI=1S/C13H20N2O3S2/c1-4-15(5-2)20(16,17)11-6-7-12(18-3)10(8-11)9-13(14)19/h6-8H,4-5,9H2,1-3H3,(H2,14,19). The van der Waals surface area contributed by atoms with Crippen LogP contribution < -0.4 is 10.5 Å². The fourth-order valence-corrected chi connectivity index (χ4v) is 3.62. The molecule has 0 bridgehead atoms. The second-order valence-corrected chi connectivity index (χ2v) is 6.67. The number of rotatable bonds is 7. The summed E-state index contributed by atoms with van der Waals surface area (Å²) in [5.74, 6) is 0.580. The molecule has 0 aliphatic carbocycles. The molecule has 20 heavy (non-hydrogen) atoms. The van der Waals surface area contributed by atoms with E-state index < -0.39 is 10.0 Å². The minimum absolute atomic E-state index is 0.230. The number of benzene rings is 1. The van der Waals surface area contributed by atoms with E-state index in [1.165, 1.54) is 17.5 Å². The van der Waals surface area contributed by atoms with Crippen molar-refractivity contribution < 1.29 is 13.2 Å². The van der Waals surface area contributed by atoms with Crippen LogP contribution in [-0.4, -0.2) is 37.9 Å². The van der Waals surface area contributed by atoms with E-state index in [9.17, 15) is 8.42 Å². The summed E-state index contributed by atoms with van der Waals surface area (Å²) in [5, 5.41) is 0. The molecule has 0 aromatic heterocycles. The Labute approximate surface area is 125 Å². The number of nitrogens with two attached hydrogens (primary N) is 1. The molecule has 1 rings (SSSR count). The van der Waals surface area contributed by atoms with Gasteiger partial charge in [0.05, 0.1) is 17.0 Å². The predicted octanol–water partition coefficient (Wildman–Crippen LogP) is 1.55. The molecular weight excluding hydrogens is 296 g/mol. The second-order valence-electron chi connectivity index (χ2n) is 4.21. The van der Waals surface area contributed by atoms with Crippen molar-refractivity contribution in [1.82, 2.24) is 4.31 Å². The predicted molar refractivity (Wildman–Crippen MR) is 83.6 cm³/mol. The second kappa shape index (κ2) is 7.01. The van der Waals surface area contributed by atoms with E-state index in [0.717, 1.165) is 0 Å². The molecule has 0 unspecified atom stereocenters. The van der Waals surface area contributed by atoms with Crippen LogP contribution in [0.25, 0.3) is 0 Å². The summed E-state index contributed by atoms with van der Waals surface area (Å²) in [7, 11) is -1.97. The number of hydrogen-bond acceptors (Lipinski definition) is 4. The van der Waals surface area contributed by atoms with Gasteiger partial charge in [-0.3, -0.25) is 0 Å². The zero-order valence-corrected chi connectivity index (χ0v) is 13.6. The van der Waals surface area contributed by atoms with E-state index in [0.29, 0.717) is 35.8 Å². The van der Waals surface area contributed by atoms with Crippen LogP contribution >= 0.6 is 12.2 Å². The Balaban J connectivity index is 3.30. The molecule has 5 nitrogen and oxygen atoms in total. The largest absolute Gasteiger partial charge is 0.496 e. The van der Waals surface area contributed by atoms with Crippen LogP contribution in [-0.2, 0) is 16.4 Å². The number of sulfonamides is 1. The number of hydrogen-bond donors (Lipinski definition) is 1. The van der Waals surface area contributed by atoms with Gasteiger partial charge in [-0.15, -0.1) is 0 Å². The molecule has 0 saturated carbocycles. The van der Waals surface area contributed by atoms with E-state index in [1.54, 1.807) is 26.0 Å². The maximum atomic E-state index is 12.5. The van der Waals surface area contributed by atoms with Crippen molar-refractivity contribution in [3.8, 4) is 5.75 Å². The van der Waals surface area contributed by atoms with Crippen LogP contribution in [0.3, 0.4) is 0 Å². The molecule has 1 aromatic carbocycles.